The molecule has 0 spiro atoms. The average molecular weight is 355 g/mol. The zero-order valence-electron chi connectivity index (χ0n) is 13.0. The molecule has 25 heavy (non-hydrogen) atoms. The maximum Gasteiger partial charge on any atom is 0.255 e. The lowest BCUT2D eigenvalue weighted by molar-refractivity contribution is -0.303. The van der Waals surface area contributed by atoms with Crippen LogP contribution in [0.2, 0.25) is 5.02 Å². The first-order valence-electron chi connectivity index (χ1n) is 7.43. The molecule has 6 nitrogen and oxygen atoms in total. The van der Waals surface area contributed by atoms with Gasteiger partial charge in [0, 0.05) is 16.8 Å². The van der Waals surface area contributed by atoms with E-state index in [-0.39, 0.29) is 5.56 Å². The fraction of sp³-hybridized carbons (Fsp3) is 0.0556. The number of amides is 1. The third kappa shape index (κ3) is 3.87. The van der Waals surface area contributed by atoms with Crippen molar-refractivity contribution >= 4 is 23.5 Å². The van der Waals surface area contributed by atoms with E-state index in [1.807, 2.05) is 30.3 Å². The normalized spacial score (nSPS) is 10.4. The highest BCUT2D eigenvalue weighted by Gasteiger charge is 2.18. The predicted octanol–water partition coefficient (Wildman–Crippen LogP) is 1.67. The molecule has 0 aliphatic rings. The number of benzene rings is 2. The summed E-state index contributed by atoms with van der Waals surface area (Å²) in [5.41, 5.74) is 2.07. The van der Waals surface area contributed by atoms with E-state index < -0.39 is 18.4 Å². The summed E-state index contributed by atoms with van der Waals surface area (Å²) in [5.74, 6) is -1.92. The van der Waals surface area contributed by atoms with Crippen LogP contribution < -0.4 is 10.4 Å². The Bertz CT molecular complexity index is 922. The van der Waals surface area contributed by atoms with Gasteiger partial charge in [-0.1, -0.05) is 41.9 Å². The fourth-order valence-corrected chi connectivity index (χ4v) is 2.54. The van der Waals surface area contributed by atoms with Gasteiger partial charge in [0.2, 0.25) is 0 Å². The Morgan fingerprint density at radius 2 is 1.88 bits per heavy atom. The van der Waals surface area contributed by atoms with Crippen LogP contribution in [-0.4, -0.2) is 28.2 Å². The molecule has 3 aromatic rings. The summed E-state index contributed by atoms with van der Waals surface area (Å²) in [7, 11) is 0. The highest BCUT2D eigenvalue weighted by molar-refractivity contribution is 6.30. The minimum Gasteiger partial charge on any atom is -0.548 e. The van der Waals surface area contributed by atoms with Crippen LogP contribution in [0.25, 0.3) is 16.9 Å². The molecule has 0 bridgehead atoms. The summed E-state index contributed by atoms with van der Waals surface area (Å²) in [6.07, 6.45) is 1.55. The molecular weight excluding hydrogens is 342 g/mol. The Hall–Kier alpha value is -3.12. The first-order chi connectivity index (χ1) is 12.0. The molecule has 0 fully saturated rings. The summed E-state index contributed by atoms with van der Waals surface area (Å²) in [6, 6.07) is 16.2. The van der Waals surface area contributed by atoms with Crippen LogP contribution in [0.3, 0.4) is 0 Å². The topological polar surface area (TPSA) is 87.0 Å². The SMILES string of the molecule is O=C([O-])CNC(=O)c1cn(-c2ccccc2)nc1-c1cccc(Cl)c1. The van der Waals surface area contributed by atoms with Crippen LogP contribution in [0.15, 0.2) is 60.8 Å². The molecule has 0 atom stereocenters. The first kappa shape index (κ1) is 16.7. The summed E-state index contributed by atoms with van der Waals surface area (Å²) in [6.45, 7) is -0.579. The van der Waals surface area contributed by atoms with Gasteiger partial charge in [-0.2, -0.15) is 5.10 Å². The Morgan fingerprint density at radius 1 is 1.12 bits per heavy atom. The van der Waals surface area contributed by atoms with Gasteiger partial charge < -0.3 is 15.2 Å². The minimum absolute atomic E-state index is 0.243. The van der Waals surface area contributed by atoms with Gasteiger partial charge in [-0.3, -0.25) is 4.79 Å². The van der Waals surface area contributed by atoms with Gasteiger partial charge in [-0.05, 0) is 24.3 Å². The lowest BCUT2D eigenvalue weighted by Gasteiger charge is -2.06. The molecule has 0 saturated heterocycles. The van der Waals surface area contributed by atoms with Crippen molar-refractivity contribution in [1.29, 1.82) is 0 Å². The van der Waals surface area contributed by atoms with Gasteiger partial charge in [-0.25, -0.2) is 4.68 Å². The quantitative estimate of drug-likeness (QED) is 0.755. The number of nitrogens with zero attached hydrogens (tertiary/aromatic N) is 2. The Kier molecular flexibility index (Phi) is 4.81. The van der Waals surface area contributed by atoms with E-state index in [2.05, 4.69) is 10.4 Å². The summed E-state index contributed by atoms with van der Waals surface area (Å²) in [4.78, 5) is 23.0. The number of carbonyl (C=O) groups excluding carboxylic acids is 2. The molecule has 2 aromatic carbocycles. The van der Waals surface area contributed by atoms with Crippen molar-refractivity contribution in [2.45, 2.75) is 0 Å². The second kappa shape index (κ2) is 7.19. The highest BCUT2D eigenvalue weighted by Crippen LogP contribution is 2.26. The van der Waals surface area contributed by atoms with Gasteiger partial charge in [0.05, 0.1) is 23.8 Å². The van der Waals surface area contributed by atoms with E-state index in [4.69, 9.17) is 11.6 Å². The van der Waals surface area contributed by atoms with Crippen LogP contribution in [0.4, 0.5) is 0 Å². The maximum atomic E-state index is 12.4. The van der Waals surface area contributed by atoms with Crippen LogP contribution in [0.5, 0.6) is 0 Å². The van der Waals surface area contributed by atoms with Crippen molar-refractivity contribution in [3.8, 4) is 16.9 Å². The molecule has 7 heteroatoms. The number of para-hydroxylation sites is 1. The summed E-state index contributed by atoms with van der Waals surface area (Å²) >= 11 is 6.03. The molecule has 0 radical (unpaired) electrons. The van der Waals surface area contributed by atoms with Gasteiger partial charge in [0.1, 0.15) is 5.69 Å². The third-order valence-corrected chi connectivity index (χ3v) is 3.71. The Labute approximate surface area is 148 Å². The Balaban J connectivity index is 2.06. The van der Waals surface area contributed by atoms with Gasteiger partial charge in [-0.15, -0.1) is 0 Å². The van der Waals surface area contributed by atoms with Crippen molar-refractivity contribution in [2.24, 2.45) is 0 Å². The predicted molar refractivity (Wildman–Crippen MR) is 91.4 cm³/mol. The van der Waals surface area contributed by atoms with Crippen LogP contribution >= 0.6 is 11.6 Å². The lowest BCUT2D eigenvalue weighted by Crippen LogP contribution is -2.37. The molecule has 0 aliphatic heterocycles. The van der Waals surface area contributed by atoms with Gasteiger partial charge in [0.15, 0.2) is 0 Å². The van der Waals surface area contributed by atoms with Gasteiger partial charge >= 0.3 is 0 Å². The molecule has 0 aliphatic carbocycles. The molecule has 0 unspecified atom stereocenters. The molecule has 3 rings (SSSR count). The molecule has 0 saturated carbocycles. The van der Waals surface area contributed by atoms with Crippen molar-refractivity contribution in [3.63, 3.8) is 0 Å². The second-order valence-electron chi connectivity index (χ2n) is 5.24. The molecular formula is C18H13ClN3O3-. The number of nitrogens with one attached hydrogen (secondary N) is 1. The smallest absolute Gasteiger partial charge is 0.255 e. The van der Waals surface area contributed by atoms with Crippen molar-refractivity contribution in [3.05, 3.63) is 71.4 Å². The number of halogens is 1. The van der Waals surface area contributed by atoms with E-state index >= 15 is 0 Å². The molecule has 1 aromatic heterocycles. The van der Waals surface area contributed by atoms with E-state index in [9.17, 15) is 14.7 Å². The van der Waals surface area contributed by atoms with Crippen LogP contribution in [0, 0.1) is 0 Å². The number of carboxylic acid groups (broad SMARTS) is 1. The summed E-state index contributed by atoms with van der Waals surface area (Å²) in [5, 5.41) is 17.9. The first-order valence-corrected chi connectivity index (χ1v) is 7.81. The van der Waals surface area contributed by atoms with Gasteiger partial charge in [0.25, 0.3) is 5.91 Å². The zero-order chi connectivity index (χ0) is 17.8. The average Bonchev–Trinajstić information content (AvgIpc) is 3.06. The van der Waals surface area contributed by atoms with Crippen LogP contribution in [-0.2, 0) is 4.79 Å². The molecule has 1 heterocycles. The molecule has 126 valence electrons. The number of carboxylic acids is 1. The second-order valence-corrected chi connectivity index (χ2v) is 5.67. The van der Waals surface area contributed by atoms with Crippen molar-refractivity contribution in [1.82, 2.24) is 15.1 Å². The van der Waals surface area contributed by atoms with Crippen molar-refractivity contribution in [2.75, 3.05) is 6.54 Å². The van der Waals surface area contributed by atoms with E-state index in [1.165, 1.54) is 0 Å². The maximum absolute atomic E-state index is 12.4. The standard InChI is InChI=1S/C18H14ClN3O3/c19-13-6-4-5-12(9-13)17-15(18(25)20-10-16(23)24)11-22(21-17)14-7-2-1-3-8-14/h1-9,11H,10H2,(H,20,25)(H,23,24)/p-1. The number of aliphatic carboxylic acids is 1. The number of carbonyl (C=O) groups is 2. The molecule has 1 N–H and O–H groups in total. The summed E-state index contributed by atoms with van der Waals surface area (Å²) < 4.78 is 1.56. The fourth-order valence-electron chi connectivity index (χ4n) is 2.35. The van der Waals surface area contributed by atoms with E-state index in [0.717, 1.165) is 5.69 Å². The zero-order valence-corrected chi connectivity index (χ0v) is 13.7. The molecule has 1 amide bonds. The minimum atomic E-state index is -1.37. The number of aromatic nitrogens is 2. The number of hydrogen-bond donors (Lipinski definition) is 1. The lowest BCUT2D eigenvalue weighted by atomic mass is 10.1. The monoisotopic (exact) mass is 354 g/mol. The van der Waals surface area contributed by atoms with Crippen LogP contribution in [0.1, 0.15) is 10.4 Å². The van der Waals surface area contributed by atoms with E-state index in [0.29, 0.717) is 16.3 Å². The number of rotatable bonds is 5. The van der Waals surface area contributed by atoms with Crippen molar-refractivity contribution < 1.29 is 14.7 Å². The third-order valence-electron chi connectivity index (χ3n) is 3.47. The highest BCUT2D eigenvalue weighted by atomic mass is 35.5. The number of hydrogen-bond acceptors (Lipinski definition) is 4. The largest absolute Gasteiger partial charge is 0.548 e. The Morgan fingerprint density at radius 3 is 2.56 bits per heavy atom. The van der Waals surface area contributed by atoms with E-state index in [1.54, 1.807) is 35.1 Å².